The Morgan fingerprint density at radius 3 is 2.22 bits per heavy atom. The molecule has 0 amide bonds. The van der Waals surface area contributed by atoms with Crippen LogP contribution in [0.25, 0.3) is 0 Å². The average Bonchev–Trinajstić information content (AvgIpc) is 2.51. The van der Waals surface area contributed by atoms with E-state index >= 15 is 0 Å². The molecule has 0 saturated heterocycles. The van der Waals surface area contributed by atoms with Gasteiger partial charge in [-0.15, -0.1) is 0 Å². The third kappa shape index (κ3) is 10.4. The molecule has 0 aliphatic heterocycles. The monoisotopic (exact) mass is 325 g/mol. The molecule has 23 heavy (non-hydrogen) atoms. The predicted octanol–water partition coefficient (Wildman–Crippen LogP) is 3.27. The first-order valence-corrected chi connectivity index (χ1v) is 7.95. The van der Waals surface area contributed by atoms with Crippen molar-refractivity contribution in [2.45, 2.75) is 64.9 Å². The summed E-state index contributed by atoms with van der Waals surface area (Å²) in [7, 11) is 0. The van der Waals surface area contributed by atoms with Crippen LogP contribution >= 0.6 is 0 Å². The molecule has 1 heterocycles. The summed E-state index contributed by atoms with van der Waals surface area (Å²) in [6.45, 7) is 3.83. The molecule has 0 aromatic carbocycles. The zero-order chi connectivity index (χ0) is 17.7. The highest BCUT2D eigenvalue weighted by molar-refractivity contribution is 5.88. The fourth-order valence-corrected chi connectivity index (χ4v) is 1.95. The van der Waals surface area contributed by atoms with Gasteiger partial charge >= 0.3 is 11.9 Å². The lowest BCUT2D eigenvalue weighted by Crippen LogP contribution is -2.18. The highest BCUT2D eigenvalue weighted by atomic mass is 16.4. The van der Waals surface area contributed by atoms with E-state index < -0.39 is 18.0 Å². The first-order chi connectivity index (χ1) is 10.9. The SMILES string of the molecule is CCCCCCCCC(O)C(=O)O.Cc1ncccc1C(=O)O. The molecular formula is C17H27NO5. The van der Waals surface area contributed by atoms with E-state index in [-0.39, 0.29) is 5.56 Å². The quantitative estimate of drug-likeness (QED) is 0.601. The summed E-state index contributed by atoms with van der Waals surface area (Å²) in [5, 5.41) is 25.8. The molecule has 0 radical (unpaired) electrons. The molecular weight excluding hydrogens is 298 g/mol. The number of unbranched alkanes of at least 4 members (excludes halogenated alkanes) is 5. The predicted molar refractivity (Wildman–Crippen MR) is 87.6 cm³/mol. The fraction of sp³-hybridized carbons (Fsp3) is 0.588. The van der Waals surface area contributed by atoms with Gasteiger partial charge in [-0.1, -0.05) is 45.4 Å². The standard InChI is InChI=1S/C10H20O3.C7H7NO2/c1-2-3-4-5-6-7-8-9(11)10(12)13;1-5-6(7(9)10)3-2-4-8-5/h9,11H,2-8H2,1H3,(H,12,13);2-4H,1H3,(H,9,10). The number of pyridine rings is 1. The van der Waals surface area contributed by atoms with Gasteiger partial charge in [0.1, 0.15) is 0 Å². The van der Waals surface area contributed by atoms with Gasteiger partial charge in [0.05, 0.1) is 11.3 Å². The van der Waals surface area contributed by atoms with Crippen molar-refractivity contribution in [3.8, 4) is 0 Å². The van der Waals surface area contributed by atoms with E-state index in [9.17, 15) is 9.59 Å². The Balaban J connectivity index is 0.000000433. The van der Waals surface area contributed by atoms with Crippen LogP contribution in [0.4, 0.5) is 0 Å². The van der Waals surface area contributed by atoms with Crippen molar-refractivity contribution in [3.63, 3.8) is 0 Å². The summed E-state index contributed by atoms with van der Waals surface area (Å²) < 4.78 is 0. The van der Waals surface area contributed by atoms with Gasteiger partial charge in [0.2, 0.25) is 0 Å². The molecule has 6 heteroatoms. The van der Waals surface area contributed by atoms with Crippen LogP contribution in [-0.2, 0) is 4.79 Å². The fourth-order valence-electron chi connectivity index (χ4n) is 1.95. The number of aromatic nitrogens is 1. The number of hydrogen-bond donors (Lipinski definition) is 3. The summed E-state index contributed by atoms with van der Waals surface area (Å²) in [5.74, 6) is -2.03. The van der Waals surface area contributed by atoms with Crippen LogP contribution in [0.2, 0.25) is 0 Å². The zero-order valence-corrected chi connectivity index (χ0v) is 13.9. The lowest BCUT2D eigenvalue weighted by Gasteiger charge is -2.04. The number of rotatable bonds is 9. The molecule has 0 saturated carbocycles. The number of aliphatic hydroxyl groups is 1. The van der Waals surface area contributed by atoms with E-state index in [2.05, 4.69) is 11.9 Å². The Morgan fingerprint density at radius 1 is 1.13 bits per heavy atom. The van der Waals surface area contributed by atoms with Gasteiger partial charge < -0.3 is 15.3 Å². The van der Waals surface area contributed by atoms with Gasteiger partial charge in [-0.25, -0.2) is 9.59 Å². The number of nitrogens with zero attached hydrogens (tertiary/aromatic N) is 1. The highest BCUT2D eigenvalue weighted by Crippen LogP contribution is 2.08. The van der Waals surface area contributed by atoms with E-state index in [1.54, 1.807) is 19.2 Å². The number of aliphatic carboxylic acids is 1. The van der Waals surface area contributed by atoms with E-state index in [1.807, 2.05) is 0 Å². The maximum absolute atomic E-state index is 10.4. The molecule has 0 aliphatic carbocycles. The van der Waals surface area contributed by atoms with Crippen LogP contribution < -0.4 is 0 Å². The smallest absolute Gasteiger partial charge is 0.337 e. The maximum Gasteiger partial charge on any atom is 0.337 e. The van der Waals surface area contributed by atoms with E-state index in [1.165, 1.54) is 25.3 Å². The number of hydrogen-bond acceptors (Lipinski definition) is 4. The normalized spacial score (nSPS) is 11.3. The maximum atomic E-state index is 10.4. The number of aromatic carboxylic acids is 1. The molecule has 1 aromatic heterocycles. The Labute approximate surface area is 137 Å². The molecule has 1 rings (SSSR count). The van der Waals surface area contributed by atoms with Crippen molar-refractivity contribution in [3.05, 3.63) is 29.6 Å². The second-order valence-corrected chi connectivity index (χ2v) is 5.35. The van der Waals surface area contributed by atoms with Crippen molar-refractivity contribution in [2.75, 3.05) is 0 Å². The van der Waals surface area contributed by atoms with Gasteiger partial charge in [0, 0.05) is 6.20 Å². The third-order valence-electron chi connectivity index (χ3n) is 3.35. The second-order valence-electron chi connectivity index (χ2n) is 5.35. The van der Waals surface area contributed by atoms with Crippen molar-refractivity contribution in [1.82, 2.24) is 4.98 Å². The van der Waals surface area contributed by atoms with E-state index in [4.69, 9.17) is 15.3 Å². The summed E-state index contributed by atoms with van der Waals surface area (Å²) >= 11 is 0. The van der Waals surface area contributed by atoms with Crippen LogP contribution in [-0.4, -0.2) is 38.3 Å². The largest absolute Gasteiger partial charge is 0.479 e. The highest BCUT2D eigenvalue weighted by Gasteiger charge is 2.11. The lowest BCUT2D eigenvalue weighted by atomic mass is 10.1. The van der Waals surface area contributed by atoms with Crippen molar-refractivity contribution in [2.24, 2.45) is 0 Å². The lowest BCUT2D eigenvalue weighted by molar-refractivity contribution is -0.146. The van der Waals surface area contributed by atoms with Crippen LogP contribution in [0, 0.1) is 6.92 Å². The second kappa shape index (κ2) is 12.6. The topological polar surface area (TPSA) is 108 Å². The van der Waals surface area contributed by atoms with Crippen molar-refractivity contribution in [1.29, 1.82) is 0 Å². The van der Waals surface area contributed by atoms with Gasteiger partial charge in [0.25, 0.3) is 0 Å². The molecule has 1 unspecified atom stereocenters. The van der Waals surface area contributed by atoms with Crippen molar-refractivity contribution >= 4 is 11.9 Å². The van der Waals surface area contributed by atoms with Gasteiger partial charge in [0.15, 0.2) is 6.10 Å². The van der Waals surface area contributed by atoms with Crippen LogP contribution in [0.3, 0.4) is 0 Å². The minimum Gasteiger partial charge on any atom is -0.479 e. The number of carboxylic acid groups (broad SMARTS) is 2. The Kier molecular flexibility index (Phi) is 11.5. The van der Waals surface area contributed by atoms with Crippen LogP contribution in [0.5, 0.6) is 0 Å². The van der Waals surface area contributed by atoms with Gasteiger partial charge in [-0.2, -0.15) is 0 Å². The van der Waals surface area contributed by atoms with Crippen LogP contribution in [0.15, 0.2) is 18.3 Å². The molecule has 0 spiro atoms. The van der Waals surface area contributed by atoms with E-state index in [0.29, 0.717) is 12.1 Å². The summed E-state index contributed by atoms with van der Waals surface area (Å²) in [4.78, 5) is 24.4. The number of carbonyl (C=O) groups is 2. The minimum atomic E-state index is -1.16. The molecule has 6 nitrogen and oxygen atoms in total. The molecule has 0 fully saturated rings. The Hall–Kier alpha value is -1.95. The average molecular weight is 325 g/mol. The minimum absolute atomic E-state index is 0.266. The summed E-state index contributed by atoms with van der Waals surface area (Å²) in [5.41, 5.74) is 0.817. The first kappa shape index (κ1) is 21.0. The molecule has 3 N–H and O–H groups in total. The van der Waals surface area contributed by atoms with Crippen molar-refractivity contribution < 1.29 is 24.9 Å². The molecule has 0 bridgehead atoms. The first-order valence-electron chi connectivity index (χ1n) is 7.95. The zero-order valence-electron chi connectivity index (χ0n) is 13.9. The molecule has 0 aliphatic rings. The Bertz CT molecular complexity index is 476. The number of carboxylic acids is 2. The molecule has 1 atom stereocenters. The van der Waals surface area contributed by atoms with Crippen LogP contribution in [0.1, 0.15) is 67.9 Å². The summed E-state index contributed by atoms with van der Waals surface area (Å²) in [6.07, 6.45) is 7.50. The van der Waals surface area contributed by atoms with Gasteiger partial charge in [-0.3, -0.25) is 4.98 Å². The summed E-state index contributed by atoms with van der Waals surface area (Å²) in [6, 6.07) is 3.14. The third-order valence-corrected chi connectivity index (χ3v) is 3.35. The number of aliphatic hydroxyl groups excluding tert-OH is 1. The molecule has 130 valence electrons. The van der Waals surface area contributed by atoms with Gasteiger partial charge in [-0.05, 0) is 25.5 Å². The Morgan fingerprint density at radius 2 is 1.74 bits per heavy atom. The van der Waals surface area contributed by atoms with E-state index in [0.717, 1.165) is 19.3 Å². The number of aryl methyl sites for hydroxylation is 1. The molecule has 1 aromatic rings.